The van der Waals surface area contributed by atoms with Crippen LogP contribution in [0.15, 0.2) is 48.5 Å². The maximum absolute atomic E-state index is 9.82. The summed E-state index contributed by atoms with van der Waals surface area (Å²) in [6.45, 7) is 5.31. The van der Waals surface area contributed by atoms with Gasteiger partial charge in [-0.1, -0.05) is 102 Å². The first-order valence-electron chi connectivity index (χ1n) is 13.9. The van der Waals surface area contributed by atoms with Crippen LogP contribution in [0, 0.1) is 16.7 Å². The molecule has 0 N–H and O–H groups in total. The molecule has 0 aliphatic heterocycles. The summed E-state index contributed by atoms with van der Waals surface area (Å²) >= 11 is 0. The zero-order chi connectivity index (χ0) is 24.1. The SMILES string of the molecule is CCCCCCCCOc1ccc(-c2ccc(C3CCC(C#N)(CCCCC)CC3)cc2)cc1. The van der Waals surface area contributed by atoms with E-state index in [1.54, 1.807) is 0 Å². The Morgan fingerprint density at radius 2 is 1.32 bits per heavy atom. The standard InChI is InChI=1S/C32H45NO/c1-3-5-7-8-9-11-25-34-31-18-16-29(17-19-31)27-12-14-28(15-13-27)30-20-23-32(26-33,24-21-30)22-10-6-4-2/h12-19,30H,3-11,20-25H2,1-2H3. The normalized spacial score (nSPS) is 20.1. The van der Waals surface area contributed by atoms with Crippen molar-refractivity contribution in [3.63, 3.8) is 0 Å². The first-order valence-corrected chi connectivity index (χ1v) is 13.9. The highest BCUT2D eigenvalue weighted by molar-refractivity contribution is 5.64. The molecule has 1 aliphatic carbocycles. The van der Waals surface area contributed by atoms with Crippen LogP contribution >= 0.6 is 0 Å². The Bertz CT molecular complexity index is 853. The minimum atomic E-state index is -0.0650. The van der Waals surface area contributed by atoms with Gasteiger partial charge in [-0.25, -0.2) is 0 Å². The van der Waals surface area contributed by atoms with Crippen molar-refractivity contribution in [3.8, 4) is 22.9 Å². The van der Waals surface area contributed by atoms with Crippen molar-refractivity contribution in [3.05, 3.63) is 54.1 Å². The minimum Gasteiger partial charge on any atom is -0.494 e. The summed E-state index contributed by atoms with van der Waals surface area (Å²) in [7, 11) is 0. The second-order valence-electron chi connectivity index (χ2n) is 10.4. The molecule has 184 valence electrons. The van der Waals surface area contributed by atoms with Crippen molar-refractivity contribution in [2.75, 3.05) is 6.61 Å². The molecule has 2 nitrogen and oxygen atoms in total. The van der Waals surface area contributed by atoms with Gasteiger partial charge in [0.25, 0.3) is 0 Å². The Hall–Kier alpha value is -2.27. The Kier molecular flexibility index (Phi) is 11.0. The summed E-state index contributed by atoms with van der Waals surface area (Å²) in [5.41, 5.74) is 3.86. The van der Waals surface area contributed by atoms with Gasteiger partial charge in [0.15, 0.2) is 0 Å². The molecule has 3 rings (SSSR count). The summed E-state index contributed by atoms with van der Waals surface area (Å²) in [4.78, 5) is 0. The molecule has 0 spiro atoms. The number of benzene rings is 2. The maximum Gasteiger partial charge on any atom is 0.119 e. The minimum absolute atomic E-state index is 0.0650. The van der Waals surface area contributed by atoms with Crippen LogP contribution in [0.5, 0.6) is 5.75 Å². The van der Waals surface area contributed by atoms with E-state index in [1.807, 2.05) is 0 Å². The largest absolute Gasteiger partial charge is 0.494 e. The third-order valence-electron chi connectivity index (χ3n) is 7.78. The Morgan fingerprint density at radius 1 is 0.765 bits per heavy atom. The molecule has 0 unspecified atom stereocenters. The lowest BCUT2D eigenvalue weighted by molar-refractivity contribution is 0.223. The molecule has 1 fully saturated rings. The first-order chi connectivity index (χ1) is 16.7. The molecule has 0 amide bonds. The molecule has 2 aromatic carbocycles. The van der Waals surface area contributed by atoms with Crippen LogP contribution in [-0.2, 0) is 0 Å². The van der Waals surface area contributed by atoms with E-state index in [0.29, 0.717) is 5.92 Å². The highest BCUT2D eigenvalue weighted by Crippen LogP contribution is 2.45. The number of hydrogen-bond donors (Lipinski definition) is 0. The molecular formula is C32H45NO. The molecule has 34 heavy (non-hydrogen) atoms. The highest BCUT2D eigenvalue weighted by Gasteiger charge is 2.35. The van der Waals surface area contributed by atoms with E-state index >= 15 is 0 Å². The van der Waals surface area contributed by atoms with Gasteiger partial charge in [-0.15, -0.1) is 0 Å². The average Bonchev–Trinajstić information content (AvgIpc) is 2.89. The fourth-order valence-electron chi connectivity index (χ4n) is 5.40. The van der Waals surface area contributed by atoms with Gasteiger partial charge in [0, 0.05) is 0 Å². The van der Waals surface area contributed by atoms with Crippen LogP contribution in [0.1, 0.15) is 115 Å². The third-order valence-corrected chi connectivity index (χ3v) is 7.78. The average molecular weight is 460 g/mol. The molecule has 2 aromatic rings. The van der Waals surface area contributed by atoms with Gasteiger partial charge in [-0.2, -0.15) is 5.26 Å². The zero-order valence-corrected chi connectivity index (χ0v) is 21.7. The van der Waals surface area contributed by atoms with Gasteiger partial charge < -0.3 is 4.74 Å². The predicted molar refractivity (Wildman–Crippen MR) is 144 cm³/mol. The molecule has 1 aliphatic rings. The smallest absolute Gasteiger partial charge is 0.119 e. The predicted octanol–water partition coefficient (Wildman–Crippen LogP) is 9.84. The summed E-state index contributed by atoms with van der Waals surface area (Å²) in [5, 5.41) is 9.82. The Morgan fingerprint density at radius 3 is 1.94 bits per heavy atom. The van der Waals surface area contributed by atoms with E-state index in [1.165, 1.54) is 68.1 Å². The molecule has 2 heteroatoms. The van der Waals surface area contributed by atoms with Crippen molar-refractivity contribution >= 4 is 0 Å². The van der Waals surface area contributed by atoms with Crippen LogP contribution in [0.2, 0.25) is 0 Å². The van der Waals surface area contributed by atoms with Gasteiger partial charge in [0.2, 0.25) is 0 Å². The summed E-state index contributed by atoms with van der Waals surface area (Å²) in [6, 6.07) is 20.4. The second-order valence-corrected chi connectivity index (χ2v) is 10.4. The summed E-state index contributed by atoms with van der Waals surface area (Å²) in [5.74, 6) is 1.57. The Labute approximate surface area is 208 Å². The van der Waals surface area contributed by atoms with Crippen molar-refractivity contribution in [1.82, 2.24) is 0 Å². The molecule has 0 bridgehead atoms. The lowest BCUT2D eigenvalue weighted by Gasteiger charge is -2.35. The molecule has 0 radical (unpaired) electrons. The lowest BCUT2D eigenvalue weighted by Crippen LogP contribution is -2.25. The topological polar surface area (TPSA) is 33.0 Å². The van der Waals surface area contributed by atoms with E-state index in [0.717, 1.165) is 50.9 Å². The monoisotopic (exact) mass is 459 g/mol. The Balaban J connectivity index is 1.46. The molecular weight excluding hydrogens is 414 g/mol. The maximum atomic E-state index is 9.82. The van der Waals surface area contributed by atoms with Gasteiger partial charge in [0.1, 0.15) is 5.75 Å². The van der Waals surface area contributed by atoms with Crippen LogP contribution in [0.3, 0.4) is 0 Å². The van der Waals surface area contributed by atoms with Crippen LogP contribution in [-0.4, -0.2) is 6.61 Å². The van der Waals surface area contributed by atoms with Crippen molar-refractivity contribution in [2.24, 2.45) is 5.41 Å². The van der Waals surface area contributed by atoms with Crippen molar-refractivity contribution in [1.29, 1.82) is 5.26 Å². The van der Waals surface area contributed by atoms with E-state index in [-0.39, 0.29) is 5.41 Å². The number of unbranched alkanes of at least 4 members (excludes halogenated alkanes) is 7. The van der Waals surface area contributed by atoms with Gasteiger partial charge in [-0.05, 0) is 73.3 Å². The number of rotatable bonds is 14. The number of nitrogens with zero attached hydrogens (tertiary/aromatic N) is 1. The first kappa shape index (κ1) is 26.3. The molecule has 0 aromatic heterocycles. The van der Waals surface area contributed by atoms with E-state index in [4.69, 9.17) is 4.74 Å². The second kappa shape index (κ2) is 14.2. The van der Waals surface area contributed by atoms with Crippen molar-refractivity contribution < 1.29 is 4.74 Å². The number of nitriles is 1. The molecule has 0 atom stereocenters. The van der Waals surface area contributed by atoms with Gasteiger partial charge in [-0.3, -0.25) is 0 Å². The molecule has 0 saturated heterocycles. The van der Waals surface area contributed by atoms with Crippen LogP contribution in [0.4, 0.5) is 0 Å². The highest BCUT2D eigenvalue weighted by atomic mass is 16.5. The number of hydrogen-bond acceptors (Lipinski definition) is 2. The third kappa shape index (κ3) is 7.90. The fraction of sp³-hybridized carbons (Fsp3) is 0.594. The summed E-state index contributed by atoms with van der Waals surface area (Å²) in [6.07, 6.45) is 16.9. The van der Waals surface area contributed by atoms with E-state index in [9.17, 15) is 5.26 Å². The van der Waals surface area contributed by atoms with Crippen molar-refractivity contribution in [2.45, 2.75) is 110 Å². The summed E-state index contributed by atoms with van der Waals surface area (Å²) < 4.78 is 5.94. The van der Waals surface area contributed by atoms with Gasteiger partial charge >= 0.3 is 0 Å². The lowest BCUT2D eigenvalue weighted by atomic mass is 9.67. The fourth-order valence-corrected chi connectivity index (χ4v) is 5.40. The quantitative estimate of drug-likeness (QED) is 0.263. The van der Waals surface area contributed by atoms with Crippen LogP contribution < -0.4 is 4.74 Å². The molecule has 0 heterocycles. The molecule has 1 saturated carbocycles. The van der Waals surface area contributed by atoms with E-state index < -0.39 is 0 Å². The van der Waals surface area contributed by atoms with Gasteiger partial charge in [0.05, 0.1) is 18.1 Å². The zero-order valence-electron chi connectivity index (χ0n) is 21.7. The van der Waals surface area contributed by atoms with E-state index in [2.05, 4.69) is 68.4 Å². The number of ether oxygens (including phenoxy) is 1. The van der Waals surface area contributed by atoms with Crippen LogP contribution in [0.25, 0.3) is 11.1 Å².